The first kappa shape index (κ1) is 43.5. The van der Waals surface area contributed by atoms with Crippen LogP contribution in [0.2, 0.25) is 0 Å². The molecule has 12 nitrogen and oxygen atoms in total. The van der Waals surface area contributed by atoms with E-state index in [9.17, 15) is 19.2 Å². The summed E-state index contributed by atoms with van der Waals surface area (Å²) in [5, 5.41) is 6.66. The van der Waals surface area contributed by atoms with Gasteiger partial charge >= 0.3 is 0 Å². The Morgan fingerprint density at radius 1 is 0.914 bits per heavy atom. The third-order valence-electron chi connectivity index (χ3n) is 9.68. The van der Waals surface area contributed by atoms with Gasteiger partial charge in [-0.3, -0.25) is 29.4 Å². The second kappa shape index (κ2) is 18.7. The highest BCUT2D eigenvalue weighted by Gasteiger charge is 2.39. The van der Waals surface area contributed by atoms with Crippen LogP contribution in [-0.4, -0.2) is 83.5 Å². The SMILES string of the molecule is CC.CC(CCC(=O)NC=O)N1C(=O)c2ccc(OCCC(C)(C)OCC(C)(C)Nc3ccc4nc(-c5ccc(-c6ccc(N(C)C)nc6)cc5)sc4c3)cc2C1=O. The van der Waals surface area contributed by atoms with E-state index in [0.717, 1.165) is 48.3 Å². The molecule has 1 unspecified atom stereocenters. The molecule has 0 bridgehead atoms. The zero-order valence-corrected chi connectivity index (χ0v) is 35.7. The Balaban J connectivity index is 0.00000315. The van der Waals surface area contributed by atoms with Gasteiger partial charge in [-0.25, -0.2) is 9.97 Å². The molecule has 0 saturated heterocycles. The molecule has 6 rings (SSSR count). The highest BCUT2D eigenvalue weighted by Crippen LogP contribution is 2.34. The van der Waals surface area contributed by atoms with Crippen molar-refractivity contribution in [2.24, 2.45) is 0 Å². The number of rotatable bonds is 17. The summed E-state index contributed by atoms with van der Waals surface area (Å²) in [5.74, 6) is 0.0895. The van der Waals surface area contributed by atoms with Crippen LogP contribution in [0.1, 0.15) is 88.4 Å². The van der Waals surface area contributed by atoms with Crippen LogP contribution in [0.5, 0.6) is 5.75 Å². The molecule has 58 heavy (non-hydrogen) atoms. The second-order valence-corrected chi connectivity index (χ2v) is 16.5. The van der Waals surface area contributed by atoms with Crippen LogP contribution >= 0.6 is 11.3 Å². The second-order valence-electron chi connectivity index (χ2n) is 15.5. The monoisotopic (exact) mass is 806 g/mol. The predicted octanol–water partition coefficient (Wildman–Crippen LogP) is 8.61. The first-order chi connectivity index (χ1) is 27.6. The third-order valence-corrected chi connectivity index (χ3v) is 10.7. The molecule has 2 N–H and O–H groups in total. The lowest BCUT2D eigenvalue weighted by atomic mass is 10.0. The number of hydrogen-bond donors (Lipinski definition) is 2. The van der Waals surface area contributed by atoms with Crippen LogP contribution in [0.3, 0.4) is 0 Å². The molecule has 5 aromatic rings. The number of hydrogen-bond acceptors (Lipinski definition) is 11. The number of nitrogens with one attached hydrogen (secondary N) is 2. The molecule has 0 radical (unpaired) electrons. The maximum atomic E-state index is 13.2. The number of nitrogens with zero attached hydrogens (tertiary/aromatic N) is 4. The van der Waals surface area contributed by atoms with Crippen molar-refractivity contribution < 1.29 is 28.7 Å². The number of aromatic nitrogens is 2. The fourth-order valence-corrected chi connectivity index (χ4v) is 7.39. The van der Waals surface area contributed by atoms with Crippen LogP contribution in [0.4, 0.5) is 11.5 Å². The average Bonchev–Trinajstić information content (AvgIpc) is 3.74. The minimum atomic E-state index is -0.519. The fraction of sp³-hybridized carbons (Fsp3) is 0.378. The maximum Gasteiger partial charge on any atom is 0.261 e. The minimum absolute atomic E-state index is 0.0138. The van der Waals surface area contributed by atoms with Crippen molar-refractivity contribution in [2.45, 2.75) is 84.9 Å². The number of thiazole rings is 1. The lowest BCUT2D eigenvalue weighted by Gasteiger charge is -2.33. The zero-order valence-electron chi connectivity index (χ0n) is 34.8. The molecule has 4 amide bonds. The molecular weight excluding hydrogens is 753 g/mol. The van der Waals surface area contributed by atoms with Crippen molar-refractivity contribution in [3.63, 3.8) is 0 Å². The van der Waals surface area contributed by atoms with E-state index in [2.05, 4.69) is 65.9 Å². The van der Waals surface area contributed by atoms with Crippen molar-refractivity contribution in [3.8, 4) is 27.4 Å². The van der Waals surface area contributed by atoms with Gasteiger partial charge in [-0.1, -0.05) is 38.1 Å². The number of carbonyl (C=O) groups is 4. The summed E-state index contributed by atoms with van der Waals surface area (Å²) >= 11 is 1.66. The summed E-state index contributed by atoms with van der Waals surface area (Å²) in [6, 6.07) is 23.1. The molecule has 1 aliphatic heterocycles. The van der Waals surface area contributed by atoms with Gasteiger partial charge in [0.05, 0.1) is 45.7 Å². The van der Waals surface area contributed by atoms with Gasteiger partial charge in [-0.15, -0.1) is 11.3 Å². The van der Waals surface area contributed by atoms with Gasteiger partial charge in [-0.2, -0.15) is 0 Å². The number of anilines is 2. The summed E-state index contributed by atoms with van der Waals surface area (Å²) in [6.45, 7) is 14.7. The number of carbonyl (C=O) groups excluding carboxylic acids is 4. The fourth-order valence-electron chi connectivity index (χ4n) is 6.38. The summed E-state index contributed by atoms with van der Waals surface area (Å²) in [5.41, 5.74) is 4.83. The first-order valence-electron chi connectivity index (χ1n) is 19.6. The Bertz CT molecular complexity index is 2230. The largest absolute Gasteiger partial charge is 0.493 e. The third kappa shape index (κ3) is 10.6. The van der Waals surface area contributed by atoms with Crippen LogP contribution < -0.4 is 20.3 Å². The first-order valence-corrected chi connectivity index (χ1v) is 20.4. The Hall–Kier alpha value is -5.66. The van der Waals surface area contributed by atoms with E-state index in [1.54, 1.807) is 36.5 Å². The van der Waals surface area contributed by atoms with Crippen molar-refractivity contribution >= 4 is 57.2 Å². The Morgan fingerprint density at radius 2 is 1.60 bits per heavy atom. The molecule has 1 aliphatic rings. The van der Waals surface area contributed by atoms with Crippen LogP contribution in [0.15, 0.2) is 79.0 Å². The molecule has 3 heterocycles. The van der Waals surface area contributed by atoms with Crippen molar-refractivity contribution in [1.82, 2.24) is 20.2 Å². The molecule has 0 saturated carbocycles. The van der Waals surface area contributed by atoms with E-state index in [1.807, 2.05) is 71.1 Å². The number of amides is 4. The molecule has 0 fully saturated rings. The van der Waals surface area contributed by atoms with E-state index < -0.39 is 29.4 Å². The maximum absolute atomic E-state index is 13.2. The van der Waals surface area contributed by atoms with Crippen LogP contribution in [-0.2, 0) is 14.3 Å². The number of imide groups is 2. The predicted molar refractivity (Wildman–Crippen MR) is 232 cm³/mol. The van der Waals surface area contributed by atoms with Crippen molar-refractivity contribution in [3.05, 3.63) is 90.1 Å². The van der Waals surface area contributed by atoms with Gasteiger partial charge in [-0.05, 0) is 95.1 Å². The normalized spacial score (nSPS) is 13.1. The van der Waals surface area contributed by atoms with E-state index in [1.165, 1.54) is 0 Å². The molecular formula is C45H54N6O6S. The highest BCUT2D eigenvalue weighted by molar-refractivity contribution is 7.21. The average molecular weight is 807 g/mol. The Labute approximate surface area is 345 Å². The number of ether oxygens (including phenoxy) is 2. The van der Waals surface area contributed by atoms with Gasteiger partial charge in [0.15, 0.2) is 0 Å². The molecule has 306 valence electrons. The highest BCUT2D eigenvalue weighted by atomic mass is 32.1. The van der Waals surface area contributed by atoms with E-state index in [0.29, 0.717) is 37.4 Å². The van der Waals surface area contributed by atoms with Crippen LogP contribution in [0, 0.1) is 0 Å². The Morgan fingerprint density at radius 3 is 2.28 bits per heavy atom. The van der Waals surface area contributed by atoms with Crippen LogP contribution in [0.25, 0.3) is 31.9 Å². The van der Waals surface area contributed by atoms with E-state index in [-0.39, 0.29) is 23.9 Å². The van der Waals surface area contributed by atoms with Gasteiger partial charge < -0.3 is 19.7 Å². The van der Waals surface area contributed by atoms with Gasteiger partial charge in [0.1, 0.15) is 16.6 Å². The quantitative estimate of drug-likeness (QED) is 0.0693. The van der Waals surface area contributed by atoms with Crippen molar-refractivity contribution in [2.75, 3.05) is 37.5 Å². The lowest BCUT2D eigenvalue weighted by Crippen LogP contribution is -2.40. The smallest absolute Gasteiger partial charge is 0.261 e. The van der Waals surface area contributed by atoms with Gasteiger partial charge in [0.2, 0.25) is 12.3 Å². The molecule has 1 atom stereocenters. The summed E-state index contributed by atoms with van der Waals surface area (Å²) in [7, 11) is 3.96. The van der Waals surface area contributed by atoms with E-state index in [4.69, 9.17) is 14.5 Å². The topological polar surface area (TPSA) is 143 Å². The summed E-state index contributed by atoms with van der Waals surface area (Å²) in [4.78, 5) is 61.0. The molecule has 13 heteroatoms. The van der Waals surface area contributed by atoms with Gasteiger partial charge in [0.25, 0.3) is 11.8 Å². The number of pyridine rings is 1. The molecule has 0 aliphatic carbocycles. The standard InChI is InChI=1S/C43H48N6O6S.C2H6/c1-27(8-19-38(51)45-26-50)49-40(52)33-16-15-32(23-34(33)41(49)53)54-21-20-43(4,5)55-25-42(2,3)47-31-14-17-35-36(22-31)56-39(46-35)29-11-9-28(10-12-29)30-13-18-37(44-24-30)48(6)7;1-2/h9-18,22-24,26-27,47H,8,19-21,25H2,1-7H3,(H,45,50,51);1-2H3. The summed E-state index contributed by atoms with van der Waals surface area (Å²) < 4.78 is 13.5. The van der Waals surface area contributed by atoms with Crippen molar-refractivity contribution in [1.29, 1.82) is 0 Å². The Kier molecular flexibility index (Phi) is 14.0. The molecule has 2 aromatic heterocycles. The molecule has 3 aromatic carbocycles. The number of benzene rings is 3. The van der Waals surface area contributed by atoms with Gasteiger partial charge in [0, 0.05) is 56.0 Å². The summed E-state index contributed by atoms with van der Waals surface area (Å²) in [6.07, 6.45) is 3.04. The zero-order chi connectivity index (χ0) is 42.2. The molecule has 0 spiro atoms. The number of fused-ring (bicyclic) bond motifs is 2. The van der Waals surface area contributed by atoms with E-state index >= 15 is 0 Å². The minimum Gasteiger partial charge on any atom is -0.493 e. The lowest BCUT2D eigenvalue weighted by molar-refractivity contribution is -0.125.